The summed E-state index contributed by atoms with van der Waals surface area (Å²) < 4.78 is 26.5. The quantitative estimate of drug-likeness (QED) is 0.0141. The number of anilines is 5. The lowest BCUT2D eigenvalue weighted by molar-refractivity contribution is -0.385. The third kappa shape index (κ3) is 14.7. The van der Waals surface area contributed by atoms with Crippen LogP contribution < -0.4 is 31.3 Å². The Hall–Kier alpha value is -13.3. The number of methoxy groups -OCH3 is 3. The second kappa shape index (κ2) is 33.0. The number of fused-ring (bicyclic) bond motifs is 6. The Morgan fingerprint density at radius 2 is 0.871 bits per heavy atom. The van der Waals surface area contributed by atoms with Gasteiger partial charge in [0.05, 0.1) is 121 Å². The molecule has 5 aliphatic heterocycles. The van der Waals surface area contributed by atoms with Gasteiger partial charge in [0.1, 0.15) is 45.9 Å². The molecule has 0 saturated heterocycles. The summed E-state index contributed by atoms with van der Waals surface area (Å²) in [6.07, 6.45) is 16.7. The summed E-state index contributed by atoms with van der Waals surface area (Å²) in [6.45, 7) is 32.7. The Morgan fingerprint density at radius 3 is 1.32 bits per heavy atom. The number of halogens is 3. The van der Waals surface area contributed by atoms with E-state index in [0.29, 0.717) is 83.8 Å². The molecular formula is C83H73Cl3N22O8. The fourth-order valence-corrected chi connectivity index (χ4v) is 16.3. The van der Waals surface area contributed by atoms with Crippen LogP contribution >= 0.6 is 34.8 Å². The lowest BCUT2D eigenvalue weighted by atomic mass is 9.82. The minimum atomic E-state index is -0.782. The van der Waals surface area contributed by atoms with Crippen LogP contribution in [0, 0.1) is 60.1 Å². The first-order chi connectivity index (χ1) is 56.7. The topological polar surface area (TPSA) is 357 Å². The molecule has 11 aromatic rings. The molecule has 9 aliphatic rings. The van der Waals surface area contributed by atoms with E-state index in [1.54, 1.807) is 75.3 Å². The molecule has 0 spiro atoms. The van der Waals surface area contributed by atoms with Crippen molar-refractivity contribution in [2.45, 2.75) is 94.2 Å². The van der Waals surface area contributed by atoms with Crippen LogP contribution in [0.3, 0.4) is 0 Å². The summed E-state index contributed by atoms with van der Waals surface area (Å²) in [7, 11) is 4.66. The molecule has 33 heteroatoms. The Balaban J connectivity index is 0.000000109. The van der Waals surface area contributed by atoms with E-state index in [1.807, 2.05) is 72.8 Å². The summed E-state index contributed by atoms with van der Waals surface area (Å²) >= 11 is 19.0. The SMILES string of the molecule is CCOC(=O)C1=C(C(OC)OC)Nc2[nH]ncc2C1c1ccccc1Cl.[C-]#[N+]C1=C(C2CC2)Nc2[nH]ncc2C1c1cccc(Cl)c1Cl.[C-]#[N+]C1=C(C2CC2)Nc2[nH]ncc2C1c1cccc2nonc12.[C-]#[N+]C1=C(C2CC2)Nc2[nH]ncc2C1c1ccccc1OC.[C-]#[N+]C1=C(C2CC2)Nc2[nH]ncc2C1c1ccccc1[N+](=O)[O-]. The second-order valence-electron chi connectivity index (χ2n) is 28.6. The number of carbonyl (C=O) groups excluding carboxylic acids is 1. The number of nitrogens with zero attached hydrogens (tertiary/aromatic N) is 12. The molecule has 6 aromatic heterocycles. The number of hydrogen-bond donors (Lipinski definition) is 10. The van der Waals surface area contributed by atoms with Gasteiger partial charge in [0.15, 0.2) is 29.1 Å². The van der Waals surface area contributed by atoms with Gasteiger partial charge < -0.3 is 45.5 Å². The average molecular weight is 1610 g/mol. The molecule has 4 fully saturated rings. The van der Waals surface area contributed by atoms with Crippen molar-refractivity contribution in [1.29, 1.82) is 0 Å². The maximum atomic E-state index is 12.9. The van der Waals surface area contributed by atoms with Crippen molar-refractivity contribution in [2.75, 3.05) is 54.5 Å². The van der Waals surface area contributed by atoms with Gasteiger partial charge in [-0.25, -0.2) is 28.8 Å². The molecule has 116 heavy (non-hydrogen) atoms. The van der Waals surface area contributed by atoms with Crippen molar-refractivity contribution in [2.24, 2.45) is 23.7 Å². The fourth-order valence-electron chi connectivity index (χ4n) is 15.7. The van der Waals surface area contributed by atoms with Gasteiger partial charge in [-0.05, 0) is 139 Å². The van der Waals surface area contributed by atoms with E-state index in [4.69, 9.17) is 84.7 Å². The van der Waals surface area contributed by atoms with Crippen molar-refractivity contribution in [1.82, 2.24) is 61.3 Å². The fraction of sp³-hybridized carbons (Fsp3) is 0.277. The number of aromatic nitrogens is 12. The lowest BCUT2D eigenvalue weighted by Gasteiger charge is -2.31. The molecule has 5 unspecified atom stereocenters. The van der Waals surface area contributed by atoms with E-state index in [0.717, 1.165) is 165 Å². The van der Waals surface area contributed by atoms with Crippen molar-refractivity contribution in [3.05, 3.63) is 324 Å². The molecule has 5 atom stereocenters. The zero-order chi connectivity index (χ0) is 80.4. The molecule has 0 bridgehead atoms. The van der Waals surface area contributed by atoms with Gasteiger partial charge in [0.25, 0.3) is 5.69 Å². The van der Waals surface area contributed by atoms with E-state index >= 15 is 0 Å². The van der Waals surface area contributed by atoms with Crippen LogP contribution in [0.1, 0.15) is 144 Å². The molecule has 4 aliphatic carbocycles. The summed E-state index contributed by atoms with van der Waals surface area (Å²) in [5.41, 5.74) is 17.4. The number of benzene rings is 5. The zero-order valence-corrected chi connectivity index (χ0v) is 65.0. The number of rotatable bonds is 16. The molecule has 0 radical (unpaired) electrons. The average Bonchev–Trinajstić information content (AvgIpc) is 1.45. The smallest absolute Gasteiger partial charge is 0.336 e. The summed E-state index contributed by atoms with van der Waals surface area (Å²) in [5.74, 6) is 4.50. The van der Waals surface area contributed by atoms with Crippen LogP contribution in [0.2, 0.25) is 15.1 Å². The third-order valence-electron chi connectivity index (χ3n) is 21.6. The monoisotopic (exact) mass is 1610 g/mol. The Morgan fingerprint density at radius 1 is 0.483 bits per heavy atom. The highest BCUT2D eigenvalue weighted by atomic mass is 35.5. The summed E-state index contributed by atoms with van der Waals surface area (Å²) in [6, 6.07) is 33.2. The van der Waals surface area contributed by atoms with E-state index in [1.165, 1.54) is 20.3 Å². The highest BCUT2D eigenvalue weighted by molar-refractivity contribution is 6.42. The number of esters is 1. The highest BCUT2D eigenvalue weighted by Gasteiger charge is 2.45. The Kier molecular flexibility index (Phi) is 21.8. The number of carbonyl (C=O) groups is 1. The van der Waals surface area contributed by atoms with Crippen LogP contribution in [0.5, 0.6) is 5.75 Å². The number of H-pyrrole nitrogens is 5. The molecule has 0 amide bonds. The molecule has 20 rings (SSSR count). The van der Waals surface area contributed by atoms with Gasteiger partial charge in [-0.1, -0.05) is 114 Å². The van der Waals surface area contributed by atoms with Gasteiger partial charge in [-0.3, -0.25) is 35.6 Å². The van der Waals surface area contributed by atoms with E-state index in [9.17, 15) is 14.9 Å². The Labute approximate surface area is 678 Å². The van der Waals surface area contributed by atoms with Crippen molar-refractivity contribution in [3.8, 4) is 5.75 Å². The molecule has 5 aromatic carbocycles. The molecule has 30 nitrogen and oxygen atoms in total. The molecule has 10 N–H and O–H groups in total. The predicted octanol–water partition coefficient (Wildman–Crippen LogP) is 17.8. The van der Waals surface area contributed by atoms with Crippen molar-refractivity contribution >= 4 is 86.6 Å². The van der Waals surface area contributed by atoms with Crippen LogP contribution in [-0.4, -0.2) is 106 Å². The van der Waals surface area contributed by atoms with Crippen molar-refractivity contribution in [3.63, 3.8) is 0 Å². The third-order valence-corrected chi connectivity index (χ3v) is 22.8. The number of nitro benzene ring substituents is 1. The van der Waals surface area contributed by atoms with Crippen LogP contribution in [-0.2, 0) is 19.0 Å². The second-order valence-corrected chi connectivity index (χ2v) is 29.8. The number of aromatic amines is 5. The van der Waals surface area contributed by atoms with Crippen molar-refractivity contribution < 1.29 is 33.3 Å². The van der Waals surface area contributed by atoms with Crippen LogP contribution in [0.4, 0.5) is 34.8 Å². The minimum Gasteiger partial charge on any atom is -0.496 e. The van der Waals surface area contributed by atoms with Crippen LogP contribution in [0.25, 0.3) is 30.4 Å². The number of para-hydroxylation sites is 2. The van der Waals surface area contributed by atoms with Gasteiger partial charge in [0.2, 0.25) is 0 Å². The number of nitro groups is 1. The maximum absolute atomic E-state index is 12.9. The standard InChI is InChI=1S/C18H20ClN3O4.C17H16N4O.C16H12Cl2N4.C16H12N6O.C16H13N5O2/c1-4-26-17(23)14-13(10-7-5-6-8-12(10)19)11-9-20-22-16(11)21-15(14)18(24-2)25-3;1-18-16-14(11-5-3-4-6-13(11)22-2)12-9-19-21-17(12)20-15(16)10-7-8-10;1-19-15-12(9-3-2-4-11(17)13(9)18)10-7-20-22-16(10)21-14(15)8-5-6-8;1-17-15-12(9-3-2-4-11-14(9)22-23-21-11)10-7-18-20-16(10)19-13(15)8-5-6-8;1-17-15-13(10-4-2-3-5-12(10)21(22)23)11-8-18-20-16(11)19-14(15)9-6-7-9/h5-9,13,18H,4H2,1-3H3,(H2,20,21,22);3-6,9-10,14H,7-8H2,2H3,(H2,19,20,21);2-4,7-8,12H,5-6H2,(H2,20,21,22);2-4,7-8,12H,5-6H2,(H2,18,19,20);2-5,8-9,13H,6-7H2,(H2,18,19,20). The normalized spacial score (nSPS) is 19.3. The van der Waals surface area contributed by atoms with E-state index in [2.05, 4.69) is 107 Å². The maximum Gasteiger partial charge on any atom is 0.336 e. The molecule has 4 saturated carbocycles. The van der Waals surface area contributed by atoms with Crippen LogP contribution in [0.15, 0.2) is 202 Å². The minimum absolute atomic E-state index is 0.0304. The number of ether oxygens (including phenoxy) is 4. The first-order valence-corrected chi connectivity index (χ1v) is 38.6. The summed E-state index contributed by atoms with van der Waals surface area (Å²) in [5, 5.41) is 72.8. The molecular weight excluding hydrogens is 1540 g/mol. The Bertz CT molecular complexity index is 5990. The van der Waals surface area contributed by atoms with Gasteiger partial charge >= 0.3 is 5.97 Å². The first kappa shape index (κ1) is 76.6. The number of nitrogens with one attached hydrogen (secondary N) is 10. The predicted molar refractivity (Wildman–Crippen MR) is 433 cm³/mol. The highest BCUT2D eigenvalue weighted by Crippen LogP contribution is 2.55. The van der Waals surface area contributed by atoms with E-state index < -0.39 is 29.0 Å². The zero-order valence-electron chi connectivity index (χ0n) is 62.7. The lowest BCUT2D eigenvalue weighted by Crippen LogP contribution is -2.32. The largest absolute Gasteiger partial charge is 0.496 e. The molecule has 11 heterocycles. The van der Waals surface area contributed by atoms with Gasteiger partial charge in [-0.2, -0.15) is 25.5 Å². The number of hydrogen-bond acceptors (Lipinski definition) is 20. The summed E-state index contributed by atoms with van der Waals surface area (Å²) in [4.78, 5) is 39.2. The van der Waals surface area contributed by atoms with E-state index in [-0.39, 0.29) is 30.0 Å². The molecule has 584 valence electrons. The first-order valence-electron chi connectivity index (χ1n) is 37.4. The van der Waals surface area contributed by atoms with Gasteiger partial charge in [-0.15, -0.1) is 0 Å². The van der Waals surface area contributed by atoms with Gasteiger partial charge in [0, 0.05) is 87.4 Å². The number of allylic oxidation sites excluding steroid dienone is 8.